The topological polar surface area (TPSA) is 174 Å². The summed E-state index contributed by atoms with van der Waals surface area (Å²) in [7, 11) is 0. The van der Waals surface area contributed by atoms with Gasteiger partial charge in [0, 0.05) is 62.2 Å². The lowest BCUT2D eigenvalue weighted by atomic mass is 10.1. The maximum absolute atomic E-state index is 14.8. The highest BCUT2D eigenvalue weighted by Gasteiger charge is 2.29. The first-order chi connectivity index (χ1) is 25.8. The van der Waals surface area contributed by atoms with Crippen LogP contribution < -0.4 is 25.4 Å². The summed E-state index contributed by atoms with van der Waals surface area (Å²) >= 11 is 0. The number of fused-ring (bicyclic) bond motifs is 2. The van der Waals surface area contributed by atoms with Crippen molar-refractivity contribution in [2.75, 3.05) is 38.2 Å². The van der Waals surface area contributed by atoms with Gasteiger partial charge in [-0.15, -0.1) is 0 Å². The molecule has 0 radical (unpaired) electrons. The first-order valence-electron chi connectivity index (χ1n) is 17.8. The summed E-state index contributed by atoms with van der Waals surface area (Å²) in [5, 5.41) is 17.7. The van der Waals surface area contributed by atoms with Crippen LogP contribution in [0.2, 0.25) is 0 Å². The predicted octanol–water partition coefficient (Wildman–Crippen LogP) is 3.51. The van der Waals surface area contributed by atoms with E-state index < -0.39 is 29.6 Å². The standard InChI is InChI=1S/C37H38FN9O6/c38-28-17-25(4-5-26(28)35(49)41-29-6-7-33(48)43-37(29)51)52-15-14-45-12-8-24(9-13-45)47-20-23-16-31(32(18-30(23)44-47)53-21-22-2-3-22)42-36(50)27-19-40-46-11-1-10-39-34(27)46/h1,4-5,10-11,16-20,22,24,29H,2-3,6-9,12-15,21H2,(H,41,49)(H,42,50)(H,43,48,51). The summed E-state index contributed by atoms with van der Waals surface area (Å²) in [5.74, 6) is -1.42. The van der Waals surface area contributed by atoms with Gasteiger partial charge in [-0.3, -0.25) is 34.1 Å². The van der Waals surface area contributed by atoms with Gasteiger partial charge in [-0.2, -0.15) is 10.2 Å². The van der Waals surface area contributed by atoms with Gasteiger partial charge in [0.15, 0.2) is 5.65 Å². The van der Waals surface area contributed by atoms with E-state index in [1.54, 1.807) is 23.0 Å². The molecule has 1 atom stereocenters. The maximum Gasteiger partial charge on any atom is 0.261 e. The van der Waals surface area contributed by atoms with Crippen molar-refractivity contribution in [1.82, 2.24) is 39.9 Å². The molecule has 16 heteroatoms. The molecule has 3 N–H and O–H groups in total. The van der Waals surface area contributed by atoms with Gasteiger partial charge in [-0.25, -0.2) is 13.9 Å². The normalized spacial score (nSPS) is 18.2. The smallest absolute Gasteiger partial charge is 0.261 e. The molecule has 2 aliphatic heterocycles. The van der Waals surface area contributed by atoms with E-state index in [1.165, 1.54) is 18.3 Å². The highest BCUT2D eigenvalue weighted by molar-refractivity contribution is 6.09. The van der Waals surface area contributed by atoms with Crippen molar-refractivity contribution in [3.05, 3.63) is 78.1 Å². The van der Waals surface area contributed by atoms with Crippen LogP contribution in [0.1, 0.15) is 65.3 Å². The number of amides is 4. The molecular formula is C37H38FN9O6. The van der Waals surface area contributed by atoms with Gasteiger partial charge in [0.05, 0.1) is 35.6 Å². The number of carbonyl (C=O) groups excluding carboxylic acids is 4. The van der Waals surface area contributed by atoms with Crippen LogP contribution in [0.15, 0.2) is 61.2 Å². The van der Waals surface area contributed by atoms with Gasteiger partial charge in [0.25, 0.3) is 11.8 Å². The Labute approximate surface area is 302 Å². The van der Waals surface area contributed by atoms with E-state index >= 15 is 0 Å². The maximum atomic E-state index is 14.8. The van der Waals surface area contributed by atoms with Crippen LogP contribution in [0.25, 0.3) is 16.6 Å². The zero-order chi connectivity index (χ0) is 36.5. The number of nitrogens with one attached hydrogen (secondary N) is 3. The number of benzene rings is 2. The summed E-state index contributed by atoms with van der Waals surface area (Å²) in [6.45, 7) is 3.20. The second-order valence-corrected chi connectivity index (χ2v) is 13.7. The second kappa shape index (κ2) is 14.6. The zero-order valence-corrected chi connectivity index (χ0v) is 28.8. The quantitative estimate of drug-likeness (QED) is 0.162. The molecule has 5 heterocycles. The fraction of sp³-hybridized carbons (Fsp3) is 0.378. The summed E-state index contributed by atoms with van der Waals surface area (Å²) in [6.07, 6.45) is 11.2. The predicted molar refractivity (Wildman–Crippen MR) is 189 cm³/mol. The first kappa shape index (κ1) is 34.2. The summed E-state index contributed by atoms with van der Waals surface area (Å²) in [6, 6.07) is 8.85. The minimum atomic E-state index is -0.892. The molecule has 274 valence electrons. The number of rotatable bonds is 12. The van der Waals surface area contributed by atoms with Crippen LogP contribution >= 0.6 is 0 Å². The number of ether oxygens (including phenoxy) is 2. The Hall–Kier alpha value is -5.90. The fourth-order valence-electron chi connectivity index (χ4n) is 6.68. The zero-order valence-electron chi connectivity index (χ0n) is 28.8. The van der Waals surface area contributed by atoms with Gasteiger partial charge < -0.3 is 20.1 Å². The lowest BCUT2D eigenvalue weighted by Gasteiger charge is -2.31. The molecule has 0 spiro atoms. The van der Waals surface area contributed by atoms with Crippen molar-refractivity contribution >= 4 is 45.9 Å². The van der Waals surface area contributed by atoms with Crippen molar-refractivity contribution < 1.29 is 33.0 Å². The van der Waals surface area contributed by atoms with Crippen molar-refractivity contribution in [2.24, 2.45) is 5.92 Å². The molecule has 3 aliphatic rings. The SMILES string of the molecule is O=C1CCC(NC(=O)c2ccc(OCCN3CCC(n4cc5cc(NC(=O)c6cnn7cccnc67)c(OCC6CC6)cc5n4)CC3)cc2F)C(=O)N1. The average Bonchev–Trinajstić information content (AvgIpc) is 3.73. The Balaban J connectivity index is 0.856. The van der Waals surface area contributed by atoms with E-state index in [2.05, 4.69) is 30.9 Å². The average molecular weight is 724 g/mol. The highest BCUT2D eigenvalue weighted by Crippen LogP contribution is 2.35. The van der Waals surface area contributed by atoms with E-state index in [9.17, 15) is 23.6 Å². The first-order valence-corrected chi connectivity index (χ1v) is 17.8. The second-order valence-electron chi connectivity index (χ2n) is 13.7. The molecule has 0 bridgehead atoms. The number of hydrogen-bond donors (Lipinski definition) is 3. The molecule has 1 aliphatic carbocycles. The number of halogens is 1. The number of imide groups is 1. The number of likely N-dealkylation sites (tertiary alicyclic amines) is 1. The third-order valence-corrected chi connectivity index (χ3v) is 9.90. The third kappa shape index (κ3) is 7.67. The molecule has 3 aromatic heterocycles. The molecule has 53 heavy (non-hydrogen) atoms. The lowest BCUT2D eigenvalue weighted by molar-refractivity contribution is -0.134. The Kier molecular flexibility index (Phi) is 9.43. The van der Waals surface area contributed by atoms with Crippen molar-refractivity contribution in [2.45, 2.75) is 50.6 Å². The molecule has 1 unspecified atom stereocenters. The molecular weight excluding hydrogens is 685 g/mol. The van der Waals surface area contributed by atoms with Crippen molar-refractivity contribution in [1.29, 1.82) is 0 Å². The number of hydrogen-bond acceptors (Lipinski definition) is 10. The monoisotopic (exact) mass is 723 g/mol. The van der Waals surface area contributed by atoms with Crippen LogP contribution in [-0.4, -0.2) is 91.8 Å². The van der Waals surface area contributed by atoms with E-state index in [0.717, 1.165) is 55.7 Å². The number of carbonyl (C=O) groups is 4. The van der Waals surface area contributed by atoms with Crippen molar-refractivity contribution in [3.8, 4) is 11.5 Å². The molecule has 5 aromatic rings. The number of aromatic nitrogens is 5. The van der Waals surface area contributed by atoms with Crippen LogP contribution in [0.4, 0.5) is 10.1 Å². The van der Waals surface area contributed by atoms with E-state index in [4.69, 9.17) is 14.6 Å². The number of piperidine rings is 2. The summed E-state index contributed by atoms with van der Waals surface area (Å²) in [4.78, 5) is 55.8. The van der Waals surface area contributed by atoms with Crippen molar-refractivity contribution in [3.63, 3.8) is 0 Å². The molecule has 2 aromatic carbocycles. The van der Waals surface area contributed by atoms with E-state index in [0.29, 0.717) is 54.1 Å². The molecule has 8 rings (SSSR count). The minimum absolute atomic E-state index is 0.106. The summed E-state index contributed by atoms with van der Waals surface area (Å²) in [5.41, 5.74) is 1.98. The van der Waals surface area contributed by atoms with Gasteiger partial charge in [0.2, 0.25) is 11.8 Å². The molecule has 4 amide bonds. The van der Waals surface area contributed by atoms with Gasteiger partial charge in [-0.05, 0) is 62.3 Å². The molecule has 3 fully saturated rings. The van der Waals surface area contributed by atoms with Crippen LogP contribution in [0, 0.1) is 11.7 Å². The largest absolute Gasteiger partial charge is 0.492 e. The molecule has 2 saturated heterocycles. The Morgan fingerprint density at radius 3 is 2.64 bits per heavy atom. The van der Waals surface area contributed by atoms with Gasteiger partial charge >= 0.3 is 0 Å². The number of anilines is 1. The van der Waals surface area contributed by atoms with Gasteiger partial charge in [-0.1, -0.05) is 0 Å². The lowest BCUT2D eigenvalue weighted by Crippen LogP contribution is -2.52. The van der Waals surface area contributed by atoms with Crippen LogP contribution in [-0.2, 0) is 9.59 Å². The Bertz CT molecular complexity index is 2210. The van der Waals surface area contributed by atoms with E-state index in [-0.39, 0.29) is 30.4 Å². The fourth-order valence-corrected chi connectivity index (χ4v) is 6.68. The van der Waals surface area contributed by atoms with Gasteiger partial charge in [0.1, 0.15) is 35.5 Å². The van der Waals surface area contributed by atoms with Crippen LogP contribution in [0.5, 0.6) is 11.5 Å². The highest BCUT2D eigenvalue weighted by atomic mass is 19.1. The third-order valence-electron chi connectivity index (χ3n) is 9.90. The Morgan fingerprint density at radius 1 is 1.00 bits per heavy atom. The molecule has 15 nitrogen and oxygen atoms in total. The van der Waals surface area contributed by atoms with E-state index in [1.807, 2.05) is 23.0 Å². The number of nitrogens with zero attached hydrogens (tertiary/aromatic N) is 6. The Morgan fingerprint density at radius 2 is 1.85 bits per heavy atom. The molecule has 1 saturated carbocycles. The minimum Gasteiger partial charge on any atom is -0.492 e. The van der Waals surface area contributed by atoms with Crippen LogP contribution in [0.3, 0.4) is 0 Å². The summed E-state index contributed by atoms with van der Waals surface area (Å²) < 4.78 is 30.4.